The highest BCUT2D eigenvalue weighted by Gasteiger charge is 2.40. The van der Waals surface area contributed by atoms with Gasteiger partial charge in [-0.25, -0.2) is 12.7 Å². The number of hydrogen-bond acceptors (Lipinski definition) is 4. The van der Waals surface area contributed by atoms with Crippen molar-refractivity contribution in [1.82, 2.24) is 9.21 Å². The van der Waals surface area contributed by atoms with Crippen molar-refractivity contribution in [3.8, 4) is 0 Å². The molecule has 1 heterocycles. The van der Waals surface area contributed by atoms with Crippen molar-refractivity contribution in [3.63, 3.8) is 0 Å². The summed E-state index contributed by atoms with van der Waals surface area (Å²) in [5.41, 5.74) is -0.0537. The Labute approximate surface area is 111 Å². The van der Waals surface area contributed by atoms with Gasteiger partial charge in [-0.15, -0.1) is 0 Å². The van der Waals surface area contributed by atoms with E-state index in [0.717, 1.165) is 19.5 Å². The third kappa shape index (κ3) is 3.44. The molecule has 18 heavy (non-hydrogen) atoms. The van der Waals surface area contributed by atoms with Crippen LogP contribution in [0.2, 0.25) is 0 Å². The summed E-state index contributed by atoms with van der Waals surface area (Å²) in [6.45, 7) is 6.65. The average molecular weight is 278 g/mol. The molecule has 1 aliphatic rings. The fourth-order valence-electron chi connectivity index (χ4n) is 2.38. The van der Waals surface area contributed by atoms with Crippen LogP contribution < -0.4 is 0 Å². The topological polar surface area (TPSA) is 60.9 Å². The van der Waals surface area contributed by atoms with Crippen LogP contribution in [0.1, 0.15) is 20.3 Å². The largest absolute Gasteiger partial charge is 0.396 e. The van der Waals surface area contributed by atoms with Crippen LogP contribution in [0.4, 0.5) is 0 Å². The van der Waals surface area contributed by atoms with E-state index in [2.05, 4.69) is 18.7 Å². The smallest absolute Gasteiger partial charge is 0.214 e. The Hall–Kier alpha value is -0.170. The Kier molecular flexibility index (Phi) is 5.17. The fraction of sp³-hybridized carbons (Fsp3) is 1.00. The zero-order valence-corrected chi connectivity index (χ0v) is 12.7. The van der Waals surface area contributed by atoms with Crippen molar-refractivity contribution in [3.05, 3.63) is 0 Å². The Balaban J connectivity index is 2.54. The van der Waals surface area contributed by atoms with Crippen LogP contribution in [-0.4, -0.2) is 68.8 Å². The Bertz CT molecular complexity index is 368. The number of aliphatic hydroxyl groups excluding tert-OH is 1. The maximum Gasteiger partial charge on any atom is 0.214 e. The summed E-state index contributed by atoms with van der Waals surface area (Å²) >= 11 is 0. The van der Waals surface area contributed by atoms with Gasteiger partial charge in [-0.05, 0) is 18.9 Å². The fourth-order valence-corrected chi connectivity index (χ4v) is 3.24. The minimum absolute atomic E-state index is 0.0537. The summed E-state index contributed by atoms with van der Waals surface area (Å²) < 4.78 is 24.7. The predicted octanol–water partition coefficient (Wildman–Crippen LogP) is 0.218. The van der Waals surface area contributed by atoms with Crippen LogP contribution in [0.25, 0.3) is 0 Å². The first-order valence-corrected chi connectivity index (χ1v) is 8.08. The number of nitrogens with zero attached hydrogens (tertiary/aromatic N) is 2. The molecule has 108 valence electrons. The lowest BCUT2D eigenvalue weighted by molar-refractivity contribution is 0.0838. The molecule has 0 aromatic rings. The predicted molar refractivity (Wildman–Crippen MR) is 72.9 cm³/mol. The molecule has 0 aromatic heterocycles. The number of sulfonamides is 1. The molecule has 5 nitrogen and oxygen atoms in total. The van der Waals surface area contributed by atoms with Crippen molar-refractivity contribution >= 4 is 10.0 Å². The third-order valence-electron chi connectivity index (χ3n) is 4.23. The molecule has 0 radical (unpaired) electrons. The monoisotopic (exact) mass is 278 g/mol. The van der Waals surface area contributed by atoms with Gasteiger partial charge in [0.25, 0.3) is 0 Å². The SMILES string of the molecule is CC(C)C1(CO)CCN(CCS(=O)(=O)N(C)C)C1. The van der Waals surface area contributed by atoms with Crippen molar-refractivity contribution in [1.29, 1.82) is 0 Å². The molecule has 1 N–H and O–H groups in total. The second-order valence-corrected chi connectivity index (χ2v) is 8.10. The van der Waals surface area contributed by atoms with Crippen LogP contribution in [0.15, 0.2) is 0 Å². The quantitative estimate of drug-likeness (QED) is 0.755. The van der Waals surface area contributed by atoms with Crippen LogP contribution in [0.3, 0.4) is 0 Å². The number of aliphatic hydroxyl groups is 1. The molecule has 6 heteroatoms. The van der Waals surface area contributed by atoms with Crippen molar-refractivity contribution in [2.45, 2.75) is 20.3 Å². The van der Waals surface area contributed by atoms with E-state index in [1.807, 2.05) is 0 Å². The maximum absolute atomic E-state index is 11.7. The van der Waals surface area contributed by atoms with Gasteiger partial charge < -0.3 is 10.0 Å². The average Bonchev–Trinajstić information content (AvgIpc) is 2.71. The second kappa shape index (κ2) is 5.86. The van der Waals surface area contributed by atoms with E-state index >= 15 is 0 Å². The minimum Gasteiger partial charge on any atom is -0.396 e. The van der Waals surface area contributed by atoms with E-state index < -0.39 is 10.0 Å². The standard InChI is InChI=1S/C12H26N2O3S/c1-11(2)12(10-15)5-6-14(9-12)7-8-18(16,17)13(3)4/h11,15H,5-10H2,1-4H3. The first-order valence-electron chi connectivity index (χ1n) is 6.47. The zero-order valence-electron chi connectivity index (χ0n) is 11.9. The van der Waals surface area contributed by atoms with Crippen LogP contribution in [0.5, 0.6) is 0 Å². The van der Waals surface area contributed by atoms with E-state index in [1.165, 1.54) is 4.31 Å². The van der Waals surface area contributed by atoms with E-state index in [1.54, 1.807) is 14.1 Å². The molecule has 0 aromatic carbocycles. The molecule has 1 rings (SSSR count). The molecular formula is C12H26N2O3S. The molecule has 1 atom stereocenters. The lowest BCUT2D eigenvalue weighted by Crippen LogP contribution is -2.37. The molecule has 0 bridgehead atoms. The molecule has 1 saturated heterocycles. The summed E-state index contributed by atoms with van der Waals surface area (Å²) in [5.74, 6) is 0.567. The molecule has 0 amide bonds. The van der Waals surface area contributed by atoms with Gasteiger partial charge in [-0.3, -0.25) is 0 Å². The van der Waals surface area contributed by atoms with Crippen LogP contribution >= 0.6 is 0 Å². The summed E-state index contributed by atoms with van der Waals surface area (Å²) in [5, 5.41) is 9.57. The minimum atomic E-state index is -3.12. The summed E-state index contributed by atoms with van der Waals surface area (Å²) in [4.78, 5) is 2.15. The second-order valence-electron chi connectivity index (χ2n) is 5.80. The molecule has 0 saturated carbocycles. The van der Waals surface area contributed by atoms with Gasteiger partial charge in [0.05, 0.1) is 12.4 Å². The highest BCUT2D eigenvalue weighted by Crippen LogP contribution is 2.37. The number of hydrogen-bond donors (Lipinski definition) is 1. The Morgan fingerprint density at radius 1 is 1.39 bits per heavy atom. The van der Waals surface area contributed by atoms with E-state index in [-0.39, 0.29) is 17.8 Å². The van der Waals surface area contributed by atoms with Crippen LogP contribution in [-0.2, 0) is 10.0 Å². The Morgan fingerprint density at radius 2 is 2.00 bits per heavy atom. The summed E-state index contributed by atoms with van der Waals surface area (Å²) in [7, 11) is 0.00118. The van der Waals surface area contributed by atoms with E-state index in [4.69, 9.17) is 0 Å². The normalized spacial score (nSPS) is 26.4. The third-order valence-corrected chi connectivity index (χ3v) is 6.04. The summed E-state index contributed by atoms with van der Waals surface area (Å²) in [6.07, 6.45) is 0.948. The maximum atomic E-state index is 11.7. The molecule has 1 unspecified atom stereocenters. The summed E-state index contributed by atoms with van der Waals surface area (Å²) in [6, 6.07) is 0. The number of rotatable bonds is 6. The molecule has 0 spiro atoms. The van der Waals surface area contributed by atoms with Gasteiger partial charge in [0.15, 0.2) is 0 Å². The van der Waals surface area contributed by atoms with Crippen molar-refractivity contribution in [2.24, 2.45) is 11.3 Å². The van der Waals surface area contributed by atoms with Gasteiger partial charge in [-0.1, -0.05) is 13.8 Å². The lowest BCUT2D eigenvalue weighted by Gasteiger charge is -2.31. The van der Waals surface area contributed by atoms with Crippen LogP contribution in [0, 0.1) is 11.3 Å². The lowest BCUT2D eigenvalue weighted by atomic mass is 9.77. The molecule has 0 aliphatic carbocycles. The van der Waals surface area contributed by atoms with Crippen molar-refractivity contribution in [2.75, 3.05) is 46.1 Å². The van der Waals surface area contributed by atoms with Gasteiger partial charge >= 0.3 is 0 Å². The van der Waals surface area contributed by atoms with Gasteiger partial charge in [-0.2, -0.15) is 0 Å². The van der Waals surface area contributed by atoms with E-state index in [0.29, 0.717) is 12.5 Å². The molecule has 1 aliphatic heterocycles. The first-order chi connectivity index (χ1) is 8.23. The van der Waals surface area contributed by atoms with Crippen molar-refractivity contribution < 1.29 is 13.5 Å². The Morgan fingerprint density at radius 3 is 2.39 bits per heavy atom. The van der Waals surface area contributed by atoms with E-state index in [9.17, 15) is 13.5 Å². The van der Waals surface area contributed by atoms with Gasteiger partial charge in [0.2, 0.25) is 10.0 Å². The van der Waals surface area contributed by atoms with Gasteiger partial charge in [0.1, 0.15) is 0 Å². The first kappa shape index (κ1) is 15.9. The number of likely N-dealkylation sites (tertiary alicyclic amines) is 1. The molecular weight excluding hydrogens is 252 g/mol. The van der Waals surface area contributed by atoms with Gasteiger partial charge in [0, 0.05) is 32.6 Å². The molecule has 1 fully saturated rings. The zero-order chi connectivity index (χ0) is 14.0. The highest BCUT2D eigenvalue weighted by atomic mass is 32.2. The highest BCUT2D eigenvalue weighted by molar-refractivity contribution is 7.89.